The lowest BCUT2D eigenvalue weighted by Crippen LogP contribution is -2.19. The molecule has 1 saturated heterocycles. The number of halogens is 1. The average molecular weight is 280 g/mol. The van der Waals surface area contributed by atoms with Crippen molar-refractivity contribution in [3.8, 4) is 0 Å². The molecule has 2 aromatic rings. The number of nitrogens with zero attached hydrogens (tertiary/aromatic N) is 3. The van der Waals surface area contributed by atoms with E-state index in [1.165, 1.54) is 23.3 Å². The Balaban J connectivity index is 1.62. The molecule has 1 atom stereocenters. The Labute approximate surface area is 115 Å². The first-order chi connectivity index (χ1) is 8.81. The Morgan fingerprint density at radius 3 is 2.83 bits per heavy atom. The topological polar surface area (TPSA) is 29.0 Å². The minimum atomic E-state index is 0.531. The molecule has 0 bridgehead atoms. The first-order valence-corrected chi connectivity index (χ1v) is 7.26. The Morgan fingerprint density at radius 2 is 2.11 bits per heavy atom. The molecule has 0 saturated carbocycles. The summed E-state index contributed by atoms with van der Waals surface area (Å²) in [7, 11) is 0. The van der Waals surface area contributed by atoms with Crippen LogP contribution in [0.25, 0.3) is 0 Å². The highest BCUT2D eigenvalue weighted by Crippen LogP contribution is 2.28. The third kappa shape index (κ3) is 2.71. The van der Waals surface area contributed by atoms with E-state index in [1.54, 1.807) is 0 Å². The Kier molecular flexibility index (Phi) is 3.59. The average Bonchev–Trinajstić information content (AvgIpc) is 3.01. The maximum absolute atomic E-state index is 5.80. The van der Waals surface area contributed by atoms with Crippen LogP contribution in [0.15, 0.2) is 30.3 Å². The zero-order valence-electron chi connectivity index (χ0n) is 9.92. The Bertz CT molecular complexity index is 514. The van der Waals surface area contributed by atoms with E-state index in [0.717, 1.165) is 24.6 Å². The van der Waals surface area contributed by atoms with E-state index in [9.17, 15) is 0 Å². The third-order valence-corrected chi connectivity index (χ3v) is 4.35. The molecule has 5 heteroatoms. The van der Waals surface area contributed by atoms with E-state index in [2.05, 4.69) is 45.4 Å². The minimum Gasteiger partial charge on any atom is -0.296 e. The van der Waals surface area contributed by atoms with Gasteiger partial charge >= 0.3 is 0 Å². The van der Waals surface area contributed by atoms with Gasteiger partial charge < -0.3 is 0 Å². The molecule has 1 aromatic carbocycles. The van der Waals surface area contributed by atoms with E-state index in [1.807, 2.05) is 0 Å². The fraction of sp³-hybridized carbons (Fsp3) is 0.385. The summed E-state index contributed by atoms with van der Waals surface area (Å²) in [6, 6.07) is 10.7. The van der Waals surface area contributed by atoms with Crippen LogP contribution in [0, 0.1) is 0 Å². The van der Waals surface area contributed by atoms with Gasteiger partial charge in [0.25, 0.3) is 0 Å². The molecule has 0 aliphatic carbocycles. The van der Waals surface area contributed by atoms with Crippen molar-refractivity contribution in [2.75, 3.05) is 13.1 Å². The Hall–Kier alpha value is -0.970. The molecule has 0 radical (unpaired) electrons. The number of hydrogen-bond donors (Lipinski definition) is 0. The van der Waals surface area contributed by atoms with Gasteiger partial charge in [0, 0.05) is 6.54 Å². The monoisotopic (exact) mass is 279 g/mol. The molecule has 1 unspecified atom stereocenters. The molecule has 3 nitrogen and oxygen atoms in total. The lowest BCUT2D eigenvalue weighted by molar-refractivity contribution is 0.325. The smallest absolute Gasteiger partial charge is 0.207 e. The van der Waals surface area contributed by atoms with Gasteiger partial charge in [-0.05, 0) is 36.0 Å². The molecule has 18 heavy (non-hydrogen) atoms. The lowest BCUT2D eigenvalue weighted by Gasteiger charge is -2.14. The van der Waals surface area contributed by atoms with E-state index in [4.69, 9.17) is 11.6 Å². The van der Waals surface area contributed by atoms with Crippen LogP contribution in [0.3, 0.4) is 0 Å². The first-order valence-electron chi connectivity index (χ1n) is 6.06. The van der Waals surface area contributed by atoms with E-state index in [-0.39, 0.29) is 0 Å². The fourth-order valence-corrected chi connectivity index (χ4v) is 3.37. The van der Waals surface area contributed by atoms with Gasteiger partial charge in [0.2, 0.25) is 4.47 Å². The molecular formula is C13H14ClN3S. The largest absolute Gasteiger partial charge is 0.296 e. The molecule has 2 heterocycles. The number of benzene rings is 1. The van der Waals surface area contributed by atoms with Gasteiger partial charge in [-0.25, -0.2) is 0 Å². The summed E-state index contributed by atoms with van der Waals surface area (Å²) in [5, 5.41) is 8.92. The lowest BCUT2D eigenvalue weighted by atomic mass is 9.99. The van der Waals surface area contributed by atoms with Gasteiger partial charge in [-0.1, -0.05) is 41.7 Å². The number of hydrogen-bond acceptors (Lipinski definition) is 4. The summed E-state index contributed by atoms with van der Waals surface area (Å²) in [6.07, 6.45) is 1.22. The maximum Gasteiger partial charge on any atom is 0.207 e. The summed E-state index contributed by atoms with van der Waals surface area (Å²) in [5.41, 5.74) is 1.44. The molecule has 0 N–H and O–H groups in total. The summed E-state index contributed by atoms with van der Waals surface area (Å²) >= 11 is 7.27. The predicted molar refractivity (Wildman–Crippen MR) is 74.0 cm³/mol. The van der Waals surface area contributed by atoms with Crippen LogP contribution >= 0.6 is 22.9 Å². The molecule has 1 aliphatic rings. The molecule has 1 aliphatic heterocycles. The van der Waals surface area contributed by atoms with Gasteiger partial charge in [0.1, 0.15) is 5.01 Å². The van der Waals surface area contributed by atoms with Crippen molar-refractivity contribution in [2.45, 2.75) is 18.9 Å². The maximum atomic E-state index is 5.80. The van der Waals surface area contributed by atoms with Gasteiger partial charge in [-0.2, -0.15) is 0 Å². The van der Waals surface area contributed by atoms with Crippen LogP contribution in [-0.2, 0) is 6.54 Å². The highest BCUT2D eigenvalue weighted by Gasteiger charge is 2.24. The normalized spacial score (nSPS) is 20.4. The quantitative estimate of drug-likeness (QED) is 0.864. The molecule has 1 aromatic heterocycles. The van der Waals surface area contributed by atoms with Crippen LogP contribution in [-0.4, -0.2) is 28.2 Å². The number of rotatable bonds is 3. The van der Waals surface area contributed by atoms with Crippen molar-refractivity contribution in [1.29, 1.82) is 0 Å². The molecule has 0 spiro atoms. The molecule has 1 fully saturated rings. The fourth-order valence-electron chi connectivity index (χ4n) is 2.46. The zero-order chi connectivity index (χ0) is 12.4. The van der Waals surface area contributed by atoms with Gasteiger partial charge in [-0.3, -0.25) is 4.90 Å². The predicted octanol–water partition coefficient (Wildman–Crippen LogP) is 3.18. The second kappa shape index (κ2) is 5.34. The molecular weight excluding hydrogens is 266 g/mol. The highest BCUT2D eigenvalue weighted by atomic mass is 35.5. The van der Waals surface area contributed by atoms with Gasteiger partial charge in [-0.15, -0.1) is 10.2 Å². The second-order valence-corrected chi connectivity index (χ2v) is 6.22. The summed E-state index contributed by atoms with van der Waals surface area (Å²) in [6.45, 7) is 3.09. The highest BCUT2D eigenvalue weighted by molar-refractivity contribution is 7.15. The van der Waals surface area contributed by atoms with Gasteiger partial charge in [0.15, 0.2) is 0 Å². The first kappa shape index (κ1) is 12.1. The van der Waals surface area contributed by atoms with Crippen LogP contribution in [0.1, 0.15) is 22.9 Å². The standard InChI is InChI=1S/C13H14ClN3S/c14-13-16-15-12(18-13)9-17-7-6-11(8-17)10-4-2-1-3-5-10/h1-5,11H,6-9H2. The number of likely N-dealkylation sites (tertiary alicyclic amines) is 1. The SMILES string of the molecule is Clc1nnc(CN2CCC(c3ccccc3)C2)s1. The van der Waals surface area contributed by atoms with Crippen LogP contribution in [0.5, 0.6) is 0 Å². The van der Waals surface area contributed by atoms with E-state index >= 15 is 0 Å². The third-order valence-electron chi connectivity index (χ3n) is 3.34. The van der Waals surface area contributed by atoms with Crippen molar-refractivity contribution in [3.63, 3.8) is 0 Å². The van der Waals surface area contributed by atoms with Crippen molar-refractivity contribution in [3.05, 3.63) is 45.4 Å². The van der Waals surface area contributed by atoms with Crippen molar-refractivity contribution >= 4 is 22.9 Å². The van der Waals surface area contributed by atoms with Crippen LogP contribution in [0.4, 0.5) is 0 Å². The van der Waals surface area contributed by atoms with E-state index in [0.29, 0.717) is 10.4 Å². The number of aromatic nitrogens is 2. The summed E-state index contributed by atoms with van der Waals surface area (Å²) in [5.74, 6) is 0.648. The summed E-state index contributed by atoms with van der Waals surface area (Å²) < 4.78 is 0.531. The van der Waals surface area contributed by atoms with Crippen LogP contribution in [0.2, 0.25) is 4.47 Å². The van der Waals surface area contributed by atoms with Gasteiger partial charge in [0.05, 0.1) is 6.54 Å². The zero-order valence-corrected chi connectivity index (χ0v) is 11.5. The molecule has 0 amide bonds. The molecule has 94 valence electrons. The van der Waals surface area contributed by atoms with Crippen LogP contribution < -0.4 is 0 Å². The van der Waals surface area contributed by atoms with Crippen molar-refractivity contribution in [1.82, 2.24) is 15.1 Å². The van der Waals surface area contributed by atoms with E-state index < -0.39 is 0 Å². The summed E-state index contributed by atoms with van der Waals surface area (Å²) in [4.78, 5) is 2.43. The Morgan fingerprint density at radius 1 is 1.28 bits per heavy atom. The molecule has 3 rings (SSSR count). The van der Waals surface area contributed by atoms with Crippen molar-refractivity contribution in [2.24, 2.45) is 0 Å². The minimum absolute atomic E-state index is 0.531. The van der Waals surface area contributed by atoms with Crippen molar-refractivity contribution < 1.29 is 0 Å². The second-order valence-electron chi connectivity index (χ2n) is 4.58.